The number of halogens is 2. The molecule has 0 aliphatic heterocycles. The molecule has 1 aromatic heterocycles. The largest absolute Gasteiger partial charge is 0.363 e. The molecular formula is C18H28Cl2N4O. The number of nitrogens with two attached hydrogens (primary N) is 1. The van der Waals surface area contributed by atoms with Gasteiger partial charge in [-0.15, -0.1) is 24.8 Å². The third-order valence-electron chi connectivity index (χ3n) is 3.92. The van der Waals surface area contributed by atoms with Gasteiger partial charge in [0.25, 0.3) is 0 Å². The zero-order valence-corrected chi connectivity index (χ0v) is 17.0. The Morgan fingerprint density at radius 2 is 1.84 bits per heavy atom. The minimum Gasteiger partial charge on any atom is -0.363 e. The summed E-state index contributed by atoms with van der Waals surface area (Å²) in [6.07, 6.45) is 0. The molecule has 1 heterocycles. The average Bonchev–Trinajstić information content (AvgIpc) is 2.50. The maximum Gasteiger partial charge on any atom is 0.237 e. The predicted molar refractivity (Wildman–Crippen MR) is 110 cm³/mol. The lowest BCUT2D eigenvalue weighted by Crippen LogP contribution is -2.48. The van der Waals surface area contributed by atoms with Crippen molar-refractivity contribution in [1.29, 1.82) is 0 Å². The van der Waals surface area contributed by atoms with Crippen LogP contribution < -0.4 is 16.0 Å². The molecule has 0 saturated carbocycles. The van der Waals surface area contributed by atoms with Crippen molar-refractivity contribution < 1.29 is 4.79 Å². The first kappa shape index (κ1) is 23.4. The monoisotopic (exact) mass is 386 g/mol. The number of nitrogens with zero attached hydrogens (tertiary/aromatic N) is 2. The Balaban J connectivity index is 0.00000288. The summed E-state index contributed by atoms with van der Waals surface area (Å²) in [6.45, 7) is 6.32. The number of pyridine rings is 1. The number of carbonyl (C=O) groups is 1. The Morgan fingerprint density at radius 3 is 2.40 bits per heavy atom. The molecule has 1 aromatic carbocycles. The van der Waals surface area contributed by atoms with Gasteiger partial charge in [-0.25, -0.2) is 4.98 Å². The molecule has 0 spiro atoms. The molecule has 0 aliphatic carbocycles. The Hall–Kier alpha value is -1.56. The van der Waals surface area contributed by atoms with Crippen LogP contribution in [0.15, 0.2) is 30.3 Å². The van der Waals surface area contributed by atoms with Crippen molar-refractivity contribution in [2.24, 2.45) is 11.1 Å². The van der Waals surface area contributed by atoms with Gasteiger partial charge in [-0.3, -0.25) is 4.79 Å². The van der Waals surface area contributed by atoms with Gasteiger partial charge in [0, 0.05) is 26.0 Å². The minimum absolute atomic E-state index is 0. The molecule has 0 unspecified atom stereocenters. The average molecular weight is 387 g/mol. The number of nitrogens with one attached hydrogen (secondary N) is 1. The lowest BCUT2D eigenvalue weighted by molar-refractivity contribution is -0.124. The van der Waals surface area contributed by atoms with Crippen LogP contribution in [0.1, 0.15) is 26.3 Å². The van der Waals surface area contributed by atoms with E-state index in [9.17, 15) is 4.79 Å². The van der Waals surface area contributed by atoms with E-state index in [0.29, 0.717) is 6.54 Å². The highest BCUT2D eigenvalue weighted by Gasteiger charge is 2.27. The molecule has 25 heavy (non-hydrogen) atoms. The van der Waals surface area contributed by atoms with Gasteiger partial charge in [0.15, 0.2) is 0 Å². The predicted octanol–water partition coefficient (Wildman–Crippen LogP) is 3.13. The second kappa shape index (κ2) is 9.22. The minimum atomic E-state index is -0.538. The normalized spacial score (nSPS) is 11.9. The highest BCUT2D eigenvalue weighted by molar-refractivity contribution is 5.86. The van der Waals surface area contributed by atoms with Crippen molar-refractivity contribution in [3.8, 4) is 0 Å². The van der Waals surface area contributed by atoms with Crippen LogP contribution in [-0.2, 0) is 11.3 Å². The highest BCUT2D eigenvalue weighted by atomic mass is 35.5. The van der Waals surface area contributed by atoms with Crippen LogP contribution in [0.5, 0.6) is 0 Å². The van der Waals surface area contributed by atoms with Crippen LogP contribution in [-0.4, -0.2) is 31.0 Å². The Labute approximate surface area is 162 Å². The van der Waals surface area contributed by atoms with Gasteiger partial charge in [-0.2, -0.15) is 0 Å². The van der Waals surface area contributed by atoms with Crippen LogP contribution >= 0.6 is 24.8 Å². The fraction of sp³-hybridized carbons (Fsp3) is 0.444. The molecule has 0 bridgehead atoms. The number of hydrogen-bond acceptors (Lipinski definition) is 4. The van der Waals surface area contributed by atoms with Gasteiger partial charge in [0.2, 0.25) is 5.91 Å². The number of carbonyl (C=O) groups excluding carboxylic acids is 1. The van der Waals surface area contributed by atoms with Crippen molar-refractivity contribution in [1.82, 2.24) is 10.3 Å². The molecule has 0 saturated heterocycles. The standard InChI is InChI=1S/C18H26N4O.2ClH/c1-18(2,3)16(19)17(23)20-11-12-10-15(22(4)5)21-14-9-7-6-8-13(12)14;;/h6-10,16H,11,19H2,1-5H3,(H,20,23);2*1H/t16-;;/m1../s1. The Morgan fingerprint density at radius 1 is 1.24 bits per heavy atom. The van der Waals surface area contributed by atoms with Crippen LogP contribution in [0.4, 0.5) is 5.82 Å². The van der Waals surface area contributed by atoms with Crippen molar-refractivity contribution >= 4 is 47.4 Å². The number of amides is 1. The number of anilines is 1. The molecular weight excluding hydrogens is 359 g/mol. The summed E-state index contributed by atoms with van der Waals surface area (Å²) in [5.41, 5.74) is 7.71. The SMILES string of the molecule is CN(C)c1cc(CNC(=O)[C@@H](N)C(C)(C)C)c2ccccc2n1.Cl.Cl. The van der Waals surface area contributed by atoms with Crippen molar-refractivity contribution in [3.63, 3.8) is 0 Å². The number of hydrogen-bond donors (Lipinski definition) is 2. The molecule has 1 atom stereocenters. The molecule has 140 valence electrons. The van der Waals surface area contributed by atoms with Crippen LogP contribution in [0.25, 0.3) is 10.9 Å². The summed E-state index contributed by atoms with van der Waals surface area (Å²) in [6, 6.07) is 9.41. The third-order valence-corrected chi connectivity index (χ3v) is 3.92. The maximum atomic E-state index is 12.3. The molecule has 2 aromatic rings. The summed E-state index contributed by atoms with van der Waals surface area (Å²) in [5.74, 6) is 0.734. The molecule has 2 rings (SSSR count). The summed E-state index contributed by atoms with van der Waals surface area (Å²) in [4.78, 5) is 18.8. The third kappa shape index (κ3) is 5.73. The number of benzene rings is 1. The zero-order valence-electron chi connectivity index (χ0n) is 15.4. The number of fused-ring (bicyclic) bond motifs is 1. The number of rotatable bonds is 4. The van der Waals surface area contributed by atoms with E-state index in [2.05, 4.69) is 10.3 Å². The molecule has 7 heteroatoms. The van der Waals surface area contributed by atoms with E-state index in [1.165, 1.54) is 0 Å². The number of aromatic nitrogens is 1. The van der Waals surface area contributed by atoms with Gasteiger partial charge >= 0.3 is 0 Å². The summed E-state index contributed by atoms with van der Waals surface area (Å²) in [5, 5.41) is 4.00. The zero-order chi connectivity index (χ0) is 17.2. The van der Waals surface area contributed by atoms with E-state index in [1.807, 2.05) is 70.1 Å². The van der Waals surface area contributed by atoms with Gasteiger partial charge in [0.1, 0.15) is 5.82 Å². The lowest BCUT2D eigenvalue weighted by atomic mass is 9.87. The van der Waals surface area contributed by atoms with E-state index in [0.717, 1.165) is 22.3 Å². The second-order valence-electron chi connectivity index (χ2n) is 7.11. The molecule has 3 N–H and O–H groups in total. The van der Waals surface area contributed by atoms with Crippen molar-refractivity contribution in [2.45, 2.75) is 33.4 Å². The van der Waals surface area contributed by atoms with E-state index >= 15 is 0 Å². The highest BCUT2D eigenvalue weighted by Crippen LogP contribution is 2.22. The first-order chi connectivity index (χ1) is 10.7. The van der Waals surface area contributed by atoms with Crippen molar-refractivity contribution in [2.75, 3.05) is 19.0 Å². The first-order valence-corrected chi connectivity index (χ1v) is 7.79. The smallest absolute Gasteiger partial charge is 0.237 e. The molecule has 0 aliphatic rings. The van der Waals surface area contributed by atoms with E-state index in [-0.39, 0.29) is 36.1 Å². The fourth-order valence-electron chi connectivity index (χ4n) is 2.29. The molecule has 0 fully saturated rings. The van der Waals surface area contributed by atoms with Crippen LogP contribution in [0, 0.1) is 5.41 Å². The summed E-state index contributed by atoms with van der Waals surface area (Å²) >= 11 is 0. The van der Waals surface area contributed by atoms with Crippen molar-refractivity contribution in [3.05, 3.63) is 35.9 Å². The van der Waals surface area contributed by atoms with Gasteiger partial charge < -0.3 is 16.0 Å². The topological polar surface area (TPSA) is 71.2 Å². The van der Waals surface area contributed by atoms with E-state index in [1.54, 1.807) is 0 Å². The lowest BCUT2D eigenvalue weighted by Gasteiger charge is -2.26. The summed E-state index contributed by atoms with van der Waals surface area (Å²) < 4.78 is 0. The molecule has 0 radical (unpaired) electrons. The Bertz CT molecular complexity index is 714. The molecule has 1 amide bonds. The fourth-order valence-corrected chi connectivity index (χ4v) is 2.29. The molecule has 5 nitrogen and oxygen atoms in total. The number of para-hydroxylation sites is 1. The van der Waals surface area contributed by atoms with Gasteiger partial charge in [-0.1, -0.05) is 39.0 Å². The van der Waals surface area contributed by atoms with E-state index in [4.69, 9.17) is 5.73 Å². The van der Waals surface area contributed by atoms with Gasteiger partial charge in [0.05, 0.1) is 11.6 Å². The van der Waals surface area contributed by atoms with Crippen LogP contribution in [0.3, 0.4) is 0 Å². The summed E-state index contributed by atoms with van der Waals surface area (Å²) in [7, 11) is 3.91. The second-order valence-corrected chi connectivity index (χ2v) is 7.11. The van der Waals surface area contributed by atoms with E-state index < -0.39 is 6.04 Å². The van der Waals surface area contributed by atoms with Crippen LogP contribution in [0.2, 0.25) is 0 Å². The maximum absolute atomic E-state index is 12.3. The first-order valence-electron chi connectivity index (χ1n) is 7.79. The Kier molecular flexibility index (Phi) is 8.65. The van der Waals surface area contributed by atoms with Gasteiger partial charge in [-0.05, 0) is 23.1 Å². The quantitative estimate of drug-likeness (QED) is 0.846.